The smallest absolute Gasteiger partial charge is 0.265 e. The molecule has 9 nitrogen and oxygen atoms in total. The predicted molar refractivity (Wildman–Crippen MR) is 100 cm³/mol. The maximum absolute atomic E-state index is 12.5. The highest BCUT2D eigenvalue weighted by atomic mass is 16.6. The summed E-state index contributed by atoms with van der Waals surface area (Å²) in [6.45, 7) is 2.39. The minimum Gasteiger partial charge on any atom is -0.485 e. The number of rotatable bonds is 4. The molecular weight excluding hydrogens is 360 g/mol. The average Bonchev–Trinajstić information content (AvgIpc) is 3.41. The number of carbonyl (C=O) groups is 1. The molecule has 0 radical (unpaired) electrons. The zero-order chi connectivity index (χ0) is 18.9. The topological polar surface area (TPSA) is 93.9 Å². The molecule has 28 heavy (non-hydrogen) atoms. The Labute approximate surface area is 161 Å². The van der Waals surface area contributed by atoms with Crippen LogP contribution < -0.4 is 19.7 Å². The van der Waals surface area contributed by atoms with Crippen LogP contribution in [0.1, 0.15) is 18.7 Å². The summed E-state index contributed by atoms with van der Waals surface area (Å²) in [7, 11) is 0. The van der Waals surface area contributed by atoms with Crippen LogP contribution in [0.3, 0.4) is 0 Å². The fraction of sp³-hybridized carbons (Fsp3) is 0.368. The van der Waals surface area contributed by atoms with Crippen LogP contribution >= 0.6 is 0 Å². The van der Waals surface area contributed by atoms with Crippen molar-refractivity contribution in [1.82, 2.24) is 25.1 Å². The number of hydrogen-bond donors (Lipinski definition) is 1. The highest BCUT2D eigenvalue weighted by molar-refractivity contribution is 5.81. The van der Waals surface area contributed by atoms with E-state index in [9.17, 15) is 4.79 Å². The van der Waals surface area contributed by atoms with E-state index in [0.29, 0.717) is 23.0 Å². The second-order valence-corrected chi connectivity index (χ2v) is 6.85. The zero-order valence-electron chi connectivity index (χ0n) is 15.2. The number of ether oxygens (including phenoxy) is 2. The van der Waals surface area contributed by atoms with Gasteiger partial charge in [-0.25, -0.2) is 0 Å². The van der Waals surface area contributed by atoms with E-state index >= 15 is 0 Å². The Morgan fingerprint density at radius 1 is 1.11 bits per heavy atom. The highest BCUT2D eigenvalue weighted by Crippen LogP contribution is 2.30. The van der Waals surface area contributed by atoms with Gasteiger partial charge in [-0.05, 0) is 37.1 Å². The van der Waals surface area contributed by atoms with Gasteiger partial charge in [0.1, 0.15) is 12.4 Å². The van der Waals surface area contributed by atoms with E-state index in [1.54, 1.807) is 10.6 Å². The van der Waals surface area contributed by atoms with Crippen LogP contribution in [0.4, 0.5) is 5.82 Å². The van der Waals surface area contributed by atoms with Crippen LogP contribution in [-0.4, -0.2) is 51.5 Å². The molecule has 0 saturated carbocycles. The van der Waals surface area contributed by atoms with E-state index in [1.807, 2.05) is 30.3 Å². The summed E-state index contributed by atoms with van der Waals surface area (Å²) in [6.07, 6.45) is 1.65. The first-order chi connectivity index (χ1) is 13.8. The minimum atomic E-state index is -0.706. The summed E-state index contributed by atoms with van der Waals surface area (Å²) in [5, 5.41) is 15.8. The van der Waals surface area contributed by atoms with Crippen LogP contribution in [0, 0.1) is 0 Å². The molecule has 144 valence electrons. The quantitative estimate of drug-likeness (QED) is 0.726. The van der Waals surface area contributed by atoms with Crippen molar-refractivity contribution in [3.8, 4) is 11.5 Å². The van der Waals surface area contributed by atoms with Gasteiger partial charge in [0, 0.05) is 13.1 Å². The second kappa shape index (κ2) is 6.99. The molecule has 0 spiro atoms. The number of nitrogens with zero attached hydrogens (tertiary/aromatic N) is 5. The van der Waals surface area contributed by atoms with Gasteiger partial charge < -0.3 is 19.7 Å². The zero-order valence-corrected chi connectivity index (χ0v) is 15.2. The van der Waals surface area contributed by atoms with E-state index in [4.69, 9.17) is 9.47 Å². The molecule has 9 heteroatoms. The Kier molecular flexibility index (Phi) is 4.19. The third-order valence-corrected chi connectivity index (χ3v) is 4.97. The molecule has 1 fully saturated rings. The van der Waals surface area contributed by atoms with Gasteiger partial charge in [0.2, 0.25) is 6.10 Å². The lowest BCUT2D eigenvalue weighted by molar-refractivity contribution is -0.130. The SMILES string of the molecule is O=C(NCc1nnc2ccc(N3CCCC3)nn12)[C@H]1COc2ccccc2O1. The highest BCUT2D eigenvalue weighted by Gasteiger charge is 2.27. The summed E-state index contributed by atoms with van der Waals surface area (Å²) in [6, 6.07) is 11.2. The fourth-order valence-electron chi connectivity index (χ4n) is 3.48. The normalized spacial score (nSPS) is 18.4. The summed E-state index contributed by atoms with van der Waals surface area (Å²) >= 11 is 0. The summed E-state index contributed by atoms with van der Waals surface area (Å²) in [5.41, 5.74) is 0.651. The number of benzene rings is 1. The average molecular weight is 380 g/mol. The van der Waals surface area contributed by atoms with Crippen LogP contribution in [0.15, 0.2) is 36.4 Å². The number of nitrogens with one attached hydrogen (secondary N) is 1. The van der Waals surface area contributed by atoms with Gasteiger partial charge in [-0.15, -0.1) is 15.3 Å². The molecule has 2 aromatic heterocycles. The van der Waals surface area contributed by atoms with Gasteiger partial charge in [0.05, 0.1) is 6.54 Å². The van der Waals surface area contributed by atoms with Gasteiger partial charge in [0.25, 0.3) is 5.91 Å². The Hall–Kier alpha value is -3.36. The van der Waals surface area contributed by atoms with Crippen LogP contribution in [-0.2, 0) is 11.3 Å². The lowest BCUT2D eigenvalue weighted by atomic mass is 10.2. The molecule has 0 bridgehead atoms. The first-order valence-electron chi connectivity index (χ1n) is 9.40. The maximum atomic E-state index is 12.5. The lowest BCUT2D eigenvalue weighted by Crippen LogP contribution is -2.43. The van der Waals surface area contributed by atoms with Crippen molar-refractivity contribution in [3.05, 3.63) is 42.2 Å². The van der Waals surface area contributed by atoms with Gasteiger partial charge in [-0.3, -0.25) is 4.79 Å². The standard InChI is InChI=1S/C19H20N6O3/c26-19(15-12-27-13-5-1-2-6-14(13)28-15)20-11-18-22-21-16-7-8-17(23-25(16)18)24-9-3-4-10-24/h1-2,5-8,15H,3-4,9-12H2,(H,20,26)/t15-/m1/s1. The van der Waals surface area contributed by atoms with Crippen molar-refractivity contribution in [1.29, 1.82) is 0 Å². The molecule has 1 amide bonds. The van der Waals surface area contributed by atoms with Crippen LogP contribution in [0.2, 0.25) is 0 Å². The fourth-order valence-corrected chi connectivity index (χ4v) is 3.48. The largest absolute Gasteiger partial charge is 0.485 e. The minimum absolute atomic E-state index is 0.167. The summed E-state index contributed by atoms with van der Waals surface area (Å²) in [5.74, 6) is 2.42. The summed E-state index contributed by atoms with van der Waals surface area (Å²) < 4.78 is 13.0. The molecule has 3 aromatic rings. The molecule has 1 aromatic carbocycles. The molecule has 5 rings (SSSR count). The lowest BCUT2D eigenvalue weighted by Gasteiger charge is -2.25. The van der Waals surface area contributed by atoms with E-state index in [-0.39, 0.29) is 19.1 Å². The van der Waals surface area contributed by atoms with E-state index < -0.39 is 6.10 Å². The molecule has 1 N–H and O–H groups in total. The molecule has 1 saturated heterocycles. The van der Waals surface area contributed by atoms with Crippen molar-refractivity contribution in [3.63, 3.8) is 0 Å². The molecular formula is C19H20N6O3. The predicted octanol–water partition coefficient (Wildman–Crippen LogP) is 1.18. The molecule has 2 aliphatic heterocycles. The van der Waals surface area contributed by atoms with Gasteiger partial charge in [-0.2, -0.15) is 4.52 Å². The third kappa shape index (κ3) is 3.08. The van der Waals surface area contributed by atoms with E-state index in [2.05, 4.69) is 25.5 Å². The third-order valence-electron chi connectivity index (χ3n) is 4.97. The van der Waals surface area contributed by atoms with Gasteiger partial charge in [0.15, 0.2) is 23.0 Å². The first-order valence-corrected chi connectivity index (χ1v) is 9.40. The first kappa shape index (κ1) is 16.8. The van der Waals surface area contributed by atoms with E-state index in [1.165, 1.54) is 12.8 Å². The monoisotopic (exact) mass is 380 g/mol. The Bertz CT molecular complexity index is 1010. The number of fused-ring (bicyclic) bond motifs is 2. The molecule has 0 unspecified atom stereocenters. The van der Waals surface area contributed by atoms with Crippen molar-refractivity contribution in [2.45, 2.75) is 25.5 Å². The van der Waals surface area contributed by atoms with Crippen LogP contribution in [0.25, 0.3) is 5.65 Å². The number of anilines is 1. The molecule has 2 aliphatic rings. The van der Waals surface area contributed by atoms with Gasteiger partial charge in [-0.1, -0.05) is 12.1 Å². The molecule has 0 aliphatic carbocycles. The number of carbonyl (C=O) groups excluding carboxylic acids is 1. The maximum Gasteiger partial charge on any atom is 0.265 e. The molecule has 4 heterocycles. The Morgan fingerprint density at radius 2 is 1.93 bits per heavy atom. The van der Waals surface area contributed by atoms with Crippen molar-refractivity contribution in [2.24, 2.45) is 0 Å². The number of para-hydroxylation sites is 2. The molecule has 1 atom stereocenters. The van der Waals surface area contributed by atoms with E-state index in [0.717, 1.165) is 18.9 Å². The Morgan fingerprint density at radius 3 is 2.79 bits per heavy atom. The van der Waals surface area contributed by atoms with Crippen molar-refractivity contribution < 1.29 is 14.3 Å². The number of amides is 1. The Balaban J connectivity index is 1.28. The number of hydrogen-bond acceptors (Lipinski definition) is 7. The number of aromatic nitrogens is 4. The van der Waals surface area contributed by atoms with Gasteiger partial charge >= 0.3 is 0 Å². The van der Waals surface area contributed by atoms with Crippen LogP contribution in [0.5, 0.6) is 11.5 Å². The van der Waals surface area contributed by atoms with Crippen molar-refractivity contribution >= 4 is 17.4 Å². The van der Waals surface area contributed by atoms with Crippen molar-refractivity contribution in [2.75, 3.05) is 24.6 Å². The second-order valence-electron chi connectivity index (χ2n) is 6.85. The summed E-state index contributed by atoms with van der Waals surface area (Å²) in [4.78, 5) is 14.8.